The van der Waals surface area contributed by atoms with Crippen molar-refractivity contribution >= 4 is 63.0 Å². The third kappa shape index (κ3) is 2.86. The lowest BCUT2D eigenvalue weighted by molar-refractivity contribution is 1.27. The summed E-state index contributed by atoms with van der Waals surface area (Å²) >= 11 is 3.80. The van der Waals surface area contributed by atoms with Gasteiger partial charge in [0.2, 0.25) is 0 Å². The van der Waals surface area contributed by atoms with Crippen molar-refractivity contribution < 1.29 is 0 Å². The Morgan fingerprint density at radius 1 is 0.606 bits per heavy atom. The second kappa shape index (κ2) is 7.24. The number of rotatable bonds is 2. The van der Waals surface area contributed by atoms with Crippen LogP contribution in [-0.4, -0.2) is 4.98 Å². The monoisotopic (exact) mass is 457 g/mol. The Morgan fingerprint density at radius 3 is 2.06 bits per heavy atom. The zero-order chi connectivity index (χ0) is 21.9. The zero-order valence-electron chi connectivity index (χ0n) is 18.0. The van der Waals surface area contributed by atoms with Crippen molar-refractivity contribution in [3.63, 3.8) is 0 Å². The summed E-state index contributed by atoms with van der Waals surface area (Å²) in [6.07, 6.45) is 2.02. The molecular weight excluding hydrogens is 438 g/mol. The predicted molar refractivity (Wildman–Crippen MR) is 146 cm³/mol. The number of fused-ring (bicyclic) bond motifs is 7. The van der Waals surface area contributed by atoms with Crippen LogP contribution in [-0.2, 0) is 0 Å². The van der Waals surface area contributed by atoms with Crippen LogP contribution in [0.3, 0.4) is 0 Å². The van der Waals surface area contributed by atoms with Crippen LogP contribution in [0.25, 0.3) is 62.7 Å². The Balaban J connectivity index is 1.63. The van der Waals surface area contributed by atoms with Gasteiger partial charge in [-0.3, -0.25) is 4.98 Å². The summed E-state index contributed by atoms with van der Waals surface area (Å²) in [4.78, 5) is 4.76. The van der Waals surface area contributed by atoms with Crippen molar-refractivity contribution in [3.8, 4) is 22.4 Å². The van der Waals surface area contributed by atoms with E-state index in [-0.39, 0.29) is 0 Å². The van der Waals surface area contributed by atoms with E-state index in [2.05, 4.69) is 97.9 Å². The molecule has 0 aliphatic heterocycles. The predicted octanol–water partition coefficient (Wildman–Crippen LogP) is 9.46. The summed E-state index contributed by atoms with van der Waals surface area (Å²) in [5, 5.41) is 5.48. The van der Waals surface area contributed by atoms with E-state index in [1.807, 2.05) is 28.9 Å². The van der Waals surface area contributed by atoms with E-state index in [1.54, 1.807) is 0 Å². The molecule has 0 radical (unpaired) electrons. The Hall–Kier alpha value is -3.53. The molecule has 3 heteroatoms. The van der Waals surface area contributed by atoms with Crippen LogP contribution in [0.4, 0.5) is 0 Å². The summed E-state index contributed by atoms with van der Waals surface area (Å²) in [7, 11) is 0. The van der Waals surface area contributed by atoms with Gasteiger partial charge in [0.05, 0.1) is 5.69 Å². The fourth-order valence-electron chi connectivity index (χ4n) is 4.88. The summed E-state index contributed by atoms with van der Waals surface area (Å²) in [6, 6.07) is 32.8. The first kappa shape index (κ1) is 19.0. The van der Waals surface area contributed by atoms with Gasteiger partial charge in [-0.25, -0.2) is 0 Å². The minimum atomic E-state index is 1.02. The molecule has 3 heterocycles. The van der Waals surface area contributed by atoms with Crippen molar-refractivity contribution in [1.29, 1.82) is 0 Å². The van der Waals surface area contributed by atoms with Gasteiger partial charge in [0, 0.05) is 57.7 Å². The topological polar surface area (TPSA) is 12.9 Å². The number of benzene rings is 4. The highest BCUT2D eigenvalue weighted by molar-refractivity contribution is 7.28. The standard InChI is InChI=1S/C30H19NS2/c1-18-17-31-24(19-9-3-2-4-10-19)15-22(18)23-16-27-28(20-11-5-7-13-25(20)32-27)29-21-12-6-8-14-26(21)33-30(23)29/h2-17H,1H3. The first-order valence-electron chi connectivity index (χ1n) is 11.1. The number of nitrogens with zero attached hydrogens (tertiary/aromatic N) is 1. The Kier molecular flexibility index (Phi) is 4.17. The first-order valence-corrected chi connectivity index (χ1v) is 12.7. The smallest absolute Gasteiger partial charge is 0.0708 e. The van der Waals surface area contributed by atoms with E-state index in [4.69, 9.17) is 4.98 Å². The molecule has 0 aliphatic carbocycles. The highest BCUT2D eigenvalue weighted by Crippen LogP contribution is 2.49. The summed E-state index contributed by atoms with van der Waals surface area (Å²) in [5.74, 6) is 0. The summed E-state index contributed by atoms with van der Waals surface area (Å²) in [6.45, 7) is 2.17. The lowest BCUT2D eigenvalue weighted by atomic mass is 9.95. The van der Waals surface area contributed by atoms with Gasteiger partial charge in [0.15, 0.2) is 0 Å². The molecular formula is C30H19NS2. The molecule has 3 aromatic heterocycles. The number of thiophene rings is 2. The molecule has 156 valence electrons. The average Bonchev–Trinajstić information content (AvgIpc) is 3.42. The molecule has 0 saturated heterocycles. The summed E-state index contributed by atoms with van der Waals surface area (Å²) in [5.41, 5.74) is 5.94. The molecule has 0 unspecified atom stereocenters. The van der Waals surface area contributed by atoms with Crippen LogP contribution in [0.2, 0.25) is 0 Å². The van der Waals surface area contributed by atoms with Crippen molar-refractivity contribution in [2.24, 2.45) is 0 Å². The molecule has 7 aromatic rings. The fraction of sp³-hybridized carbons (Fsp3) is 0.0333. The van der Waals surface area contributed by atoms with Crippen molar-refractivity contribution in [3.05, 3.63) is 103 Å². The normalized spacial score (nSPS) is 11.8. The van der Waals surface area contributed by atoms with Gasteiger partial charge in [-0.2, -0.15) is 0 Å². The SMILES string of the molecule is Cc1cnc(-c2ccccc2)cc1-c1cc2sc3ccccc3c2c2c1sc1ccccc12. The van der Waals surface area contributed by atoms with Crippen LogP contribution in [0.1, 0.15) is 5.56 Å². The number of pyridine rings is 1. The maximum Gasteiger partial charge on any atom is 0.0708 e. The van der Waals surface area contributed by atoms with Gasteiger partial charge in [-0.05, 0) is 42.3 Å². The minimum Gasteiger partial charge on any atom is -0.256 e. The molecule has 7 rings (SSSR count). The maximum absolute atomic E-state index is 4.76. The lowest BCUT2D eigenvalue weighted by Gasteiger charge is -2.11. The molecule has 0 atom stereocenters. The van der Waals surface area contributed by atoms with E-state index in [0.717, 1.165) is 11.3 Å². The first-order chi connectivity index (χ1) is 16.3. The Bertz CT molecular complexity index is 1820. The Morgan fingerprint density at radius 2 is 1.27 bits per heavy atom. The molecule has 33 heavy (non-hydrogen) atoms. The summed E-state index contributed by atoms with van der Waals surface area (Å²) < 4.78 is 5.39. The molecule has 4 aromatic carbocycles. The number of aromatic nitrogens is 1. The second-order valence-corrected chi connectivity index (χ2v) is 10.6. The minimum absolute atomic E-state index is 1.02. The van der Waals surface area contributed by atoms with E-state index in [9.17, 15) is 0 Å². The van der Waals surface area contributed by atoms with E-state index in [0.29, 0.717) is 0 Å². The van der Waals surface area contributed by atoms with E-state index < -0.39 is 0 Å². The van der Waals surface area contributed by atoms with Gasteiger partial charge in [0.25, 0.3) is 0 Å². The molecule has 0 aliphatic rings. The van der Waals surface area contributed by atoms with Crippen molar-refractivity contribution in [2.45, 2.75) is 6.92 Å². The van der Waals surface area contributed by atoms with Crippen molar-refractivity contribution in [1.82, 2.24) is 4.98 Å². The third-order valence-electron chi connectivity index (χ3n) is 6.45. The highest BCUT2D eigenvalue weighted by Gasteiger charge is 2.19. The quantitative estimate of drug-likeness (QED) is 0.252. The van der Waals surface area contributed by atoms with Crippen LogP contribution in [0.15, 0.2) is 97.2 Å². The molecule has 0 spiro atoms. The van der Waals surface area contributed by atoms with Crippen molar-refractivity contribution in [2.75, 3.05) is 0 Å². The zero-order valence-corrected chi connectivity index (χ0v) is 19.6. The Labute approximate surface area is 199 Å². The molecule has 1 nitrogen and oxygen atoms in total. The van der Waals surface area contributed by atoms with E-state index in [1.165, 1.54) is 57.0 Å². The fourth-order valence-corrected chi connectivity index (χ4v) is 7.28. The molecule has 0 amide bonds. The van der Waals surface area contributed by atoms with Gasteiger partial charge in [-0.1, -0.05) is 66.7 Å². The van der Waals surface area contributed by atoms with Gasteiger partial charge >= 0.3 is 0 Å². The molecule has 0 bridgehead atoms. The van der Waals surface area contributed by atoms with Crippen LogP contribution in [0, 0.1) is 6.92 Å². The number of hydrogen-bond acceptors (Lipinski definition) is 3. The third-order valence-corrected chi connectivity index (χ3v) is 8.77. The van der Waals surface area contributed by atoms with Gasteiger partial charge < -0.3 is 0 Å². The largest absolute Gasteiger partial charge is 0.256 e. The average molecular weight is 458 g/mol. The lowest BCUT2D eigenvalue weighted by Crippen LogP contribution is -1.90. The molecule has 0 fully saturated rings. The maximum atomic E-state index is 4.76. The van der Waals surface area contributed by atoms with Gasteiger partial charge in [0.1, 0.15) is 0 Å². The number of hydrogen-bond donors (Lipinski definition) is 0. The van der Waals surface area contributed by atoms with Crippen LogP contribution >= 0.6 is 22.7 Å². The highest BCUT2D eigenvalue weighted by atomic mass is 32.1. The molecule has 0 saturated carbocycles. The second-order valence-electron chi connectivity index (χ2n) is 8.45. The number of aryl methyl sites for hydroxylation is 1. The van der Waals surface area contributed by atoms with E-state index >= 15 is 0 Å². The molecule has 0 N–H and O–H groups in total. The van der Waals surface area contributed by atoms with Crippen LogP contribution in [0.5, 0.6) is 0 Å². The van der Waals surface area contributed by atoms with Gasteiger partial charge in [-0.15, -0.1) is 22.7 Å². The van der Waals surface area contributed by atoms with Crippen LogP contribution < -0.4 is 0 Å².